The Morgan fingerprint density at radius 2 is 2.04 bits per heavy atom. The number of aryl methyl sites for hydroxylation is 1. The van der Waals surface area contributed by atoms with Gasteiger partial charge in [-0.3, -0.25) is 0 Å². The maximum absolute atomic E-state index is 12.6. The van der Waals surface area contributed by atoms with Gasteiger partial charge in [0.05, 0.1) is 17.3 Å². The van der Waals surface area contributed by atoms with Crippen LogP contribution in [0.4, 0.5) is 0 Å². The summed E-state index contributed by atoms with van der Waals surface area (Å²) in [5, 5.41) is 0.0561. The zero-order chi connectivity index (χ0) is 16.4. The molecule has 3 heterocycles. The Bertz CT molecular complexity index is 777. The fourth-order valence-corrected chi connectivity index (χ4v) is 4.07. The molecule has 1 aliphatic rings. The Morgan fingerprint density at radius 1 is 1.30 bits per heavy atom. The molecule has 0 unspecified atom stereocenters. The Morgan fingerprint density at radius 3 is 2.70 bits per heavy atom. The molecule has 1 saturated heterocycles. The third-order valence-electron chi connectivity index (χ3n) is 3.49. The zero-order valence-corrected chi connectivity index (χ0v) is 14.9. The zero-order valence-electron chi connectivity index (χ0n) is 12.5. The molecule has 0 aromatic carbocycles. The minimum atomic E-state index is -3.60. The molecule has 0 bridgehead atoms. The Balaban J connectivity index is 1.71. The number of aromatic nitrogens is 4. The lowest BCUT2D eigenvalue weighted by molar-refractivity contribution is 0.119. The standard InChI is InChI=1S/C13H16BrN5O3S/c1-18-8-12(17-9-18)23(20,21)19-4-2-3-11(7-19)22-13-15-5-10(14)6-16-13/h5-6,8-9,11H,2-4,7H2,1H3/t11-/m1/s1. The summed E-state index contributed by atoms with van der Waals surface area (Å²) in [5.74, 6) is 0. The lowest BCUT2D eigenvalue weighted by Gasteiger charge is -2.30. The predicted molar refractivity (Wildman–Crippen MR) is 85.3 cm³/mol. The van der Waals surface area contributed by atoms with Gasteiger partial charge in [-0.15, -0.1) is 0 Å². The number of hydrogen-bond acceptors (Lipinski definition) is 6. The van der Waals surface area contributed by atoms with Crippen LogP contribution in [0.3, 0.4) is 0 Å². The molecule has 10 heteroatoms. The van der Waals surface area contributed by atoms with E-state index in [4.69, 9.17) is 4.74 Å². The molecule has 0 N–H and O–H groups in total. The fourth-order valence-electron chi connectivity index (χ4n) is 2.38. The Kier molecular flexibility index (Phi) is 4.64. The molecule has 0 amide bonds. The van der Waals surface area contributed by atoms with E-state index in [-0.39, 0.29) is 23.7 Å². The smallest absolute Gasteiger partial charge is 0.316 e. The first-order valence-electron chi connectivity index (χ1n) is 7.07. The number of hydrogen-bond donors (Lipinski definition) is 0. The van der Waals surface area contributed by atoms with Crippen molar-refractivity contribution in [1.29, 1.82) is 0 Å². The summed E-state index contributed by atoms with van der Waals surface area (Å²) in [4.78, 5) is 12.1. The summed E-state index contributed by atoms with van der Waals surface area (Å²) in [6.45, 7) is 0.721. The average molecular weight is 402 g/mol. The van der Waals surface area contributed by atoms with Crippen molar-refractivity contribution in [3.63, 3.8) is 0 Å². The second-order valence-corrected chi connectivity index (χ2v) is 8.11. The number of imidazole rings is 1. The van der Waals surface area contributed by atoms with Gasteiger partial charge in [0, 0.05) is 32.2 Å². The maximum atomic E-state index is 12.6. The van der Waals surface area contributed by atoms with Crippen LogP contribution >= 0.6 is 15.9 Å². The summed E-state index contributed by atoms with van der Waals surface area (Å²) in [5.41, 5.74) is 0. The first kappa shape index (κ1) is 16.3. The predicted octanol–water partition coefficient (Wildman–Crippen LogP) is 1.20. The summed E-state index contributed by atoms with van der Waals surface area (Å²) in [6.07, 6.45) is 7.35. The van der Waals surface area contributed by atoms with Crippen molar-refractivity contribution in [3.05, 3.63) is 29.4 Å². The van der Waals surface area contributed by atoms with E-state index >= 15 is 0 Å². The molecule has 2 aromatic rings. The van der Waals surface area contributed by atoms with Gasteiger partial charge in [0.25, 0.3) is 10.0 Å². The Labute approximate surface area is 142 Å². The van der Waals surface area contributed by atoms with Gasteiger partial charge in [0.2, 0.25) is 0 Å². The lowest BCUT2D eigenvalue weighted by atomic mass is 10.1. The number of rotatable bonds is 4. The quantitative estimate of drug-likeness (QED) is 0.764. The third kappa shape index (κ3) is 3.70. The molecule has 0 radical (unpaired) electrons. The van der Waals surface area contributed by atoms with Crippen LogP contribution in [0.15, 0.2) is 34.4 Å². The second kappa shape index (κ2) is 6.54. The van der Waals surface area contributed by atoms with Crippen LogP contribution in [0, 0.1) is 0 Å². The minimum Gasteiger partial charge on any atom is -0.459 e. The molecule has 0 aliphatic carbocycles. The molecule has 0 saturated carbocycles. The highest BCUT2D eigenvalue weighted by Crippen LogP contribution is 2.21. The average Bonchev–Trinajstić information content (AvgIpc) is 2.97. The van der Waals surface area contributed by atoms with Crippen LogP contribution in [0.2, 0.25) is 0 Å². The van der Waals surface area contributed by atoms with Gasteiger partial charge in [-0.05, 0) is 28.8 Å². The summed E-state index contributed by atoms with van der Waals surface area (Å²) in [6, 6.07) is 0.246. The van der Waals surface area contributed by atoms with Gasteiger partial charge in [0.15, 0.2) is 5.03 Å². The van der Waals surface area contributed by atoms with Crippen molar-refractivity contribution in [3.8, 4) is 6.01 Å². The monoisotopic (exact) mass is 401 g/mol. The SMILES string of the molecule is Cn1cnc(S(=O)(=O)N2CCC[C@@H](Oc3ncc(Br)cn3)C2)c1. The highest BCUT2D eigenvalue weighted by molar-refractivity contribution is 9.10. The highest BCUT2D eigenvalue weighted by Gasteiger charge is 2.32. The lowest BCUT2D eigenvalue weighted by Crippen LogP contribution is -2.44. The Hall–Kier alpha value is -1.52. The molecular weight excluding hydrogens is 386 g/mol. The van der Waals surface area contributed by atoms with Gasteiger partial charge in [-0.25, -0.2) is 23.4 Å². The molecular formula is C13H16BrN5O3S. The third-order valence-corrected chi connectivity index (χ3v) is 5.66. The number of ether oxygens (including phenoxy) is 1. The summed E-state index contributed by atoms with van der Waals surface area (Å²) in [7, 11) is -1.86. The van der Waals surface area contributed by atoms with E-state index in [9.17, 15) is 8.42 Å². The first-order valence-corrected chi connectivity index (χ1v) is 9.31. The van der Waals surface area contributed by atoms with Gasteiger partial charge in [0.1, 0.15) is 6.10 Å². The van der Waals surface area contributed by atoms with Crippen LogP contribution in [0.5, 0.6) is 6.01 Å². The van der Waals surface area contributed by atoms with E-state index in [1.807, 2.05) is 0 Å². The fraction of sp³-hybridized carbons (Fsp3) is 0.462. The molecule has 1 atom stereocenters. The molecule has 8 nitrogen and oxygen atoms in total. The van der Waals surface area contributed by atoms with Crippen molar-refractivity contribution in [2.24, 2.45) is 7.05 Å². The van der Waals surface area contributed by atoms with E-state index in [0.29, 0.717) is 13.0 Å². The molecule has 1 aliphatic heterocycles. The van der Waals surface area contributed by atoms with Crippen LogP contribution in [0.1, 0.15) is 12.8 Å². The highest BCUT2D eigenvalue weighted by atomic mass is 79.9. The van der Waals surface area contributed by atoms with Gasteiger partial charge in [-0.1, -0.05) is 0 Å². The first-order chi connectivity index (χ1) is 10.9. The van der Waals surface area contributed by atoms with Crippen LogP contribution in [0.25, 0.3) is 0 Å². The molecule has 124 valence electrons. The van der Waals surface area contributed by atoms with Crippen molar-refractivity contribution >= 4 is 26.0 Å². The van der Waals surface area contributed by atoms with E-state index in [0.717, 1.165) is 10.9 Å². The second-order valence-electron chi connectivity index (χ2n) is 5.31. The van der Waals surface area contributed by atoms with Gasteiger partial charge in [-0.2, -0.15) is 4.31 Å². The minimum absolute atomic E-state index is 0.0561. The van der Waals surface area contributed by atoms with Crippen molar-refractivity contribution in [2.45, 2.75) is 24.0 Å². The molecule has 1 fully saturated rings. The normalized spacial score (nSPS) is 19.7. The molecule has 23 heavy (non-hydrogen) atoms. The van der Waals surface area contributed by atoms with Crippen LogP contribution < -0.4 is 4.74 Å². The number of sulfonamides is 1. The molecule has 0 spiro atoms. The van der Waals surface area contributed by atoms with Gasteiger partial charge < -0.3 is 9.30 Å². The van der Waals surface area contributed by atoms with Crippen molar-refractivity contribution < 1.29 is 13.2 Å². The topological polar surface area (TPSA) is 90.2 Å². The largest absolute Gasteiger partial charge is 0.459 e. The van der Waals surface area contributed by atoms with Crippen molar-refractivity contribution in [2.75, 3.05) is 13.1 Å². The molecule has 2 aromatic heterocycles. The van der Waals surface area contributed by atoms with E-state index in [1.54, 1.807) is 24.0 Å². The number of nitrogens with zero attached hydrogens (tertiary/aromatic N) is 5. The number of halogens is 1. The summed E-state index contributed by atoms with van der Waals surface area (Å²) < 4.78 is 34.7. The van der Waals surface area contributed by atoms with Gasteiger partial charge >= 0.3 is 6.01 Å². The van der Waals surface area contributed by atoms with E-state index < -0.39 is 10.0 Å². The van der Waals surface area contributed by atoms with Crippen LogP contribution in [-0.2, 0) is 17.1 Å². The van der Waals surface area contributed by atoms with E-state index in [1.165, 1.54) is 16.8 Å². The van der Waals surface area contributed by atoms with E-state index in [2.05, 4.69) is 30.9 Å². The maximum Gasteiger partial charge on any atom is 0.316 e. The van der Waals surface area contributed by atoms with Crippen molar-refractivity contribution in [1.82, 2.24) is 23.8 Å². The number of piperidine rings is 1. The summed E-state index contributed by atoms with van der Waals surface area (Å²) >= 11 is 3.26. The van der Waals surface area contributed by atoms with Crippen LogP contribution in [-0.4, -0.2) is 51.4 Å². The molecule has 3 rings (SSSR count).